The average molecular weight is 237 g/mol. The van der Waals surface area contributed by atoms with Crippen molar-refractivity contribution in [2.75, 3.05) is 11.9 Å². The van der Waals surface area contributed by atoms with E-state index >= 15 is 0 Å². The van der Waals surface area contributed by atoms with Crippen LogP contribution in [-0.4, -0.2) is 22.6 Å². The molecule has 1 atom stereocenters. The molecule has 0 saturated heterocycles. The third-order valence-electron chi connectivity index (χ3n) is 2.45. The molecular formula is C13H23N3O. The second-order valence-electron chi connectivity index (χ2n) is 4.25. The molecule has 0 amide bonds. The van der Waals surface area contributed by atoms with Gasteiger partial charge in [0.1, 0.15) is 0 Å². The summed E-state index contributed by atoms with van der Waals surface area (Å²) >= 11 is 0. The molecule has 4 heteroatoms. The van der Waals surface area contributed by atoms with E-state index in [-0.39, 0.29) is 0 Å². The first-order valence-corrected chi connectivity index (χ1v) is 6.48. The van der Waals surface area contributed by atoms with Crippen molar-refractivity contribution in [2.45, 2.75) is 52.5 Å². The highest BCUT2D eigenvalue weighted by Gasteiger charge is 2.04. The van der Waals surface area contributed by atoms with Crippen LogP contribution >= 0.6 is 0 Å². The predicted octanol–water partition coefficient (Wildman–Crippen LogP) is 3.26. The maximum Gasteiger partial charge on any atom is 0.226 e. The van der Waals surface area contributed by atoms with Crippen molar-refractivity contribution in [3.8, 4) is 5.88 Å². The van der Waals surface area contributed by atoms with Crippen molar-refractivity contribution in [2.24, 2.45) is 0 Å². The number of hydrogen-bond acceptors (Lipinski definition) is 4. The maximum atomic E-state index is 5.47. The first kappa shape index (κ1) is 13.7. The Morgan fingerprint density at radius 3 is 2.88 bits per heavy atom. The lowest BCUT2D eigenvalue weighted by molar-refractivity contribution is 0.305. The van der Waals surface area contributed by atoms with Gasteiger partial charge in [0.25, 0.3) is 0 Å². The van der Waals surface area contributed by atoms with E-state index in [1.807, 2.05) is 0 Å². The number of ether oxygens (including phenoxy) is 1. The molecule has 0 aliphatic heterocycles. The van der Waals surface area contributed by atoms with Crippen molar-refractivity contribution in [1.29, 1.82) is 0 Å². The van der Waals surface area contributed by atoms with Crippen LogP contribution in [0, 0.1) is 0 Å². The van der Waals surface area contributed by atoms with Crippen LogP contribution in [-0.2, 0) is 0 Å². The van der Waals surface area contributed by atoms with E-state index in [4.69, 9.17) is 4.74 Å². The highest BCUT2D eigenvalue weighted by molar-refractivity contribution is 5.28. The van der Waals surface area contributed by atoms with Gasteiger partial charge in [0, 0.05) is 18.3 Å². The van der Waals surface area contributed by atoms with Crippen molar-refractivity contribution >= 4 is 5.95 Å². The number of rotatable bonds is 8. The molecule has 1 aromatic rings. The zero-order valence-corrected chi connectivity index (χ0v) is 11.1. The number of aromatic nitrogens is 2. The standard InChI is InChI=1S/C13H23N3O/c1-4-6-7-11(3)15-13-14-9-8-12(16-13)17-10-5-2/h8-9,11H,4-7,10H2,1-3H3,(H,14,15,16). The molecule has 0 aromatic carbocycles. The van der Waals surface area contributed by atoms with E-state index in [1.54, 1.807) is 12.3 Å². The summed E-state index contributed by atoms with van der Waals surface area (Å²) in [5.41, 5.74) is 0. The van der Waals surface area contributed by atoms with Gasteiger partial charge in [-0.15, -0.1) is 0 Å². The molecule has 0 spiro atoms. The monoisotopic (exact) mass is 237 g/mol. The van der Waals surface area contributed by atoms with Crippen LogP contribution in [0.4, 0.5) is 5.95 Å². The Bertz CT molecular complexity index is 317. The molecule has 0 aliphatic rings. The SMILES string of the molecule is CCCCC(C)Nc1nccc(OCCC)n1. The minimum Gasteiger partial charge on any atom is -0.478 e. The Morgan fingerprint density at radius 2 is 2.18 bits per heavy atom. The minimum absolute atomic E-state index is 0.399. The average Bonchev–Trinajstić information content (AvgIpc) is 2.34. The molecule has 96 valence electrons. The third-order valence-corrected chi connectivity index (χ3v) is 2.45. The summed E-state index contributed by atoms with van der Waals surface area (Å²) in [5, 5.41) is 3.29. The van der Waals surface area contributed by atoms with Gasteiger partial charge in [-0.2, -0.15) is 4.98 Å². The summed E-state index contributed by atoms with van der Waals surface area (Å²) in [5.74, 6) is 1.30. The van der Waals surface area contributed by atoms with Crippen LogP contribution in [0.5, 0.6) is 5.88 Å². The van der Waals surface area contributed by atoms with Gasteiger partial charge in [-0.25, -0.2) is 4.98 Å². The van der Waals surface area contributed by atoms with E-state index < -0.39 is 0 Å². The number of nitrogens with zero attached hydrogens (tertiary/aromatic N) is 2. The fraction of sp³-hybridized carbons (Fsp3) is 0.692. The zero-order valence-electron chi connectivity index (χ0n) is 11.1. The lowest BCUT2D eigenvalue weighted by atomic mass is 10.1. The number of nitrogens with one attached hydrogen (secondary N) is 1. The first-order chi connectivity index (χ1) is 8.26. The Labute approximate surface area is 104 Å². The van der Waals surface area contributed by atoms with Crippen LogP contribution in [0.15, 0.2) is 12.3 Å². The summed E-state index contributed by atoms with van der Waals surface area (Å²) in [6.07, 6.45) is 6.29. The van der Waals surface area contributed by atoms with Crippen LogP contribution in [0.1, 0.15) is 46.5 Å². The number of hydrogen-bond donors (Lipinski definition) is 1. The van der Waals surface area contributed by atoms with E-state index in [0.29, 0.717) is 24.5 Å². The Hall–Kier alpha value is -1.32. The van der Waals surface area contributed by atoms with E-state index in [9.17, 15) is 0 Å². The summed E-state index contributed by atoms with van der Waals surface area (Å²) < 4.78 is 5.47. The Kier molecular flexibility index (Phi) is 6.37. The summed E-state index contributed by atoms with van der Waals surface area (Å²) in [7, 11) is 0. The lowest BCUT2D eigenvalue weighted by Crippen LogP contribution is -2.17. The van der Waals surface area contributed by atoms with Gasteiger partial charge < -0.3 is 10.1 Å². The number of unbranched alkanes of at least 4 members (excludes halogenated alkanes) is 1. The van der Waals surface area contributed by atoms with Crippen molar-refractivity contribution < 1.29 is 4.74 Å². The Morgan fingerprint density at radius 1 is 1.35 bits per heavy atom. The van der Waals surface area contributed by atoms with Crippen LogP contribution in [0.3, 0.4) is 0 Å². The van der Waals surface area contributed by atoms with E-state index in [2.05, 4.69) is 36.1 Å². The molecule has 1 rings (SSSR count). The highest BCUT2D eigenvalue weighted by atomic mass is 16.5. The lowest BCUT2D eigenvalue weighted by Gasteiger charge is -2.13. The zero-order chi connectivity index (χ0) is 12.5. The topological polar surface area (TPSA) is 47.0 Å². The molecule has 0 aliphatic carbocycles. The molecule has 0 bridgehead atoms. The van der Waals surface area contributed by atoms with E-state index in [0.717, 1.165) is 12.8 Å². The molecule has 1 N–H and O–H groups in total. The summed E-state index contributed by atoms with van der Waals surface area (Å²) in [4.78, 5) is 8.51. The molecule has 1 unspecified atom stereocenters. The van der Waals surface area contributed by atoms with Gasteiger partial charge in [0.05, 0.1) is 6.61 Å². The van der Waals surface area contributed by atoms with Crippen LogP contribution in [0.25, 0.3) is 0 Å². The molecule has 0 saturated carbocycles. The normalized spacial score (nSPS) is 12.2. The summed E-state index contributed by atoms with van der Waals surface area (Å²) in [6, 6.07) is 2.19. The maximum absolute atomic E-state index is 5.47. The van der Waals surface area contributed by atoms with Gasteiger partial charge in [-0.1, -0.05) is 26.7 Å². The van der Waals surface area contributed by atoms with Gasteiger partial charge in [-0.05, 0) is 19.8 Å². The highest BCUT2D eigenvalue weighted by Crippen LogP contribution is 2.11. The molecule has 1 aromatic heterocycles. The summed E-state index contributed by atoms with van der Waals surface area (Å²) in [6.45, 7) is 7.12. The smallest absolute Gasteiger partial charge is 0.226 e. The first-order valence-electron chi connectivity index (χ1n) is 6.48. The van der Waals surface area contributed by atoms with Gasteiger partial charge >= 0.3 is 0 Å². The third kappa shape index (κ3) is 5.52. The fourth-order valence-corrected chi connectivity index (χ4v) is 1.50. The van der Waals surface area contributed by atoms with Crippen molar-refractivity contribution in [3.63, 3.8) is 0 Å². The Balaban J connectivity index is 2.47. The second-order valence-corrected chi connectivity index (χ2v) is 4.25. The largest absolute Gasteiger partial charge is 0.478 e. The second kappa shape index (κ2) is 7.87. The molecule has 0 radical (unpaired) electrons. The molecule has 17 heavy (non-hydrogen) atoms. The van der Waals surface area contributed by atoms with Gasteiger partial charge in [0.2, 0.25) is 11.8 Å². The quantitative estimate of drug-likeness (QED) is 0.754. The van der Waals surface area contributed by atoms with Crippen LogP contribution in [0.2, 0.25) is 0 Å². The minimum atomic E-state index is 0.399. The fourth-order valence-electron chi connectivity index (χ4n) is 1.50. The molecule has 0 fully saturated rings. The molecular weight excluding hydrogens is 214 g/mol. The predicted molar refractivity (Wildman–Crippen MR) is 70.4 cm³/mol. The van der Waals surface area contributed by atoms with Crippen LogP contribution < -0.4 is 10.1 Å². The van der Waals surface area contributed by atoms with Gasteiger partial charge in [-0.3, -0.25) is 0 Å². The molecule has 1 heterocycles. The van der Waals surface area contributed by atoms with Gasteiger partial charge in [0.15, 0.2) is 0 Å². The van der Waals surface area contributed by atoms with Crippen molar-refractivity contribution in [1.82, 2.24) is 9.97 Å². The van der Waals surface area contributed by atoms with E-state index in [1.165, 1.54) is 12.8 Å². The van der Waals surface area contributed by atoms with Crippen molar-refractivity contribution in [3.05, 3.63) is 12.3 Å². The number of anilines is 1. The molecule has 4 nitrogen and oxygen atoms in total.